The SMILES string of the molecule is COc1cccc(C(=O)Nc2nccn(-c3ccc(F)c(F)c3)c2=O)c1. The number of carbonyl (C=O) groups excluding carboxylic acids is 1. The zero-order valence-electron chi connectivity index (χ0n) is 13.6. The van der Waals surface area contributed by atoms with Crippen molar-refractivity contribution in [3.05, 3.63) is 82.4 Å². The number of nitrogens with one attached hydrogen (secondary N) is 1. The molecule has 0 spiro atoms. The predicted molar refractivity (Wildman–Crippen MR) is 90.7 cm³/mol. The Morgan fingerprint density at radius 3 is 2.69 bits per heavy atom. The molecular formula is C18H13F2N3O3. The lowest BCUT2D eigenvalue weighted by molar-refractivity contribution is 0.102. The minimum atomic E-state index is -1.09. The highest BCUT2D eigenvalue weighted by Gasteiger charge is 2.13. The average Bonchev–Trinajstić information content (AvgIpc) is 2.65. The number of anilines is 1. The Bertz CT molecular complexity index is 1030. The molecule has 6 nitrogen and oxygen atoms in total. The molecule has 0 bridgehead atoms. The second-order valence-electron chi connectivity index (χ2n) is 5.24. The fraction of sp³-hybridized carbons (Fsp3) is 0.0556. The Kier molecular flexibility index (Phi) is 4.74. The highest BCUT2D eigenvalue weighted by molar-refractivity contribution is 6.03. The van der Waals surface area contributed by atoms with Gasteiger partial charge in [-0.2, -0.15) is 0 Å². The van der Waals surface area contributed by atoms with E-state index in [1.165, 1.54) is 31.6 Å². The Labute approximate surface area is 146 Å². The van der Waals surface area contributed by atoms with Crippen LogP contribution in [0, 0.1) is 11.6 Å². The van der Waals surface area contributed by atoms with Gasteiger partial charge < -0.3 is 10.1 Å². The minimum absolute atomic E-state index is 0.105. The molecule has 0 aliphatic carbocycles. The summed E-state index contributed by atoms with van der Waals surface area (Å²) in [4.78, 5) is 28.7. The molecule has 2 aromatic carbocycles. The van der Waals surface area contributed by atoms with E-state index in [1.54, 1.807) is 18.2 Å². The number of nitrogens with zero attached hydrogens (tertiary/aromatic N) is 2. The Balaban J connectivity index is 1.93. The van der Waals surface area contributed by atoms with E-state index in [9.17, 15) is 18.4 Å². The van der Waals surface area contributed by atoms with Crippen LogP contribution in [-0.2, 0) is 0 Å². The second kappa shape index (κ2) is 7.14. The van der Waals surface area contributed by atoms with Crippen LogP contribution in [0.3, 0.4) is 0 Å². The van der Waals surface area contributed by atoms with Gasteiger partial charge >= 0.3 is 0 Å². The lowest BCUT2D eigenvalue weighted by atomic mass is 10.2. The summed E-state index contributed by atoms with van der Waals surface area (Å²) in [7, 11) is 1.47. The standard InChI is InChI=1S/C18H13F2N3O3/c1-26-13-4-2-3-11(9-13)17(24)22-16-18(25)23(8-7-21-16)12-5-6-14(19)15(20)10-12/h2-10H,1H3,(H,21,22,24). The highest BCUT2D eigenvalue weighted by Crippen LogP contribution is 2.14. The molecule has 0 fully saturated rings. The molecule has 132 valence electrons. The van der Waals surface area contributed by atoms with Crippen LogP contribution < -0.4 is 15.6 Å². The summed E-state index contributed by atoms with van der Waals surface area (Å²) in [6.07, 6.45) is 2.56. The van der Waals surface area contributed by atoms with Gasteiger partial charge in [0.15, 0.2) is 17.5 Å². The van der Waals surface area contributed by atoms with Crippen molar-refractivity contribution in [3.63, 3.8) is 0 Å². The molecule has 3 aromatic rings. The maximum absolute atomic E-state index is 13.4. The summed E-state index contributed by atoms with van der Waals surface area (Å²) in [6, 6.07) is 9.39. The van der Waals surface area contributed by atoms with Gasteiger partial charge in [-0.25, -0.2) is 13.8 Å². The number of carbonyl (C=O) groups is 1. The zero-order valence-corrected chi connectivity index (χ0v) is 13.6. The van der Waals surface area contributed by atoms with Crippen molar-refractivity contribution < 1.29 is 18.3 Å². The van der Waals surface area contributed by atoms with E-state index in [0.717, 1.165) is 16.7 Å². The monoisotopic (exact) mass is 357 g/mol. The van der Waals surface area contributed by atoms with Gasteiger partial charge in [0.2, 0.25) is 0 Å². The third-order valence-corrected chi connectivity index (χ3v) is 3.59. The molecule has 8 heteroatoms. The number of hydrogen-bond donors (Lipinski definition) is 1. The molecule has 1 heterocycles. The quantitative estimate of drug-likeness (QED) is 0.779. The van der Waals surface area contributed by atoms with Gasteiger partial charge in [0.1, 0.15) is 5.75 Å². The molecule has 1 N–H and O–H groups in total. The van der Waals surface area contributed by atoms with E-state index >= 15 is 0 Å². The first-order valence-electron chi connectivity index (χ1n) is 7.48. The summed E-state index contributed by atoms with van der Waals surface area (Å²) in [5, 5.41) is 2.41. The third kappa shape index (κ3) is 3.44. The highest BCUT2D eigenvalue weighted by atomic mass is 19.2. The third-order valence-electron chi connectivity index (χ3n) is 3.59. The number of methoxy groups -OCH3 is 1. The first-order chi connectivity index (χ1) is 12.5. The molecule has 0 radical (unpaired) electrons. The van der Waals surface area contributed by atoms with Crippen LogP contribution in [0.1, 0.15) is 10.4 Å². The van der Waals surface area contributed by atoms with Gasteiger partial charge in [0, 0.05) is 24.0 Å². The molecule has 0 unspecified atom stereocenters. The maximum Gasteiger partial charge on any atom is 0.298 e. The van der Waals surface area contributed by atoms with E-state index in [-0.39, 0.29) is 17.1 Å². The Morgan fingerprint density at radius 2 is 1.96 bits per heavy atom. The van der Waals surface area contributed by atoms with Crippen LogP contribution in [-0.4, -0.2) is 22.6 Å². The maximum atomic E-state index is 13.4. The molecule has 0 aliphatic rings. The fourth-order valence-electron chi connectivity index (χ4n) is 2.28. The minimum Gasteiger partial charge on any atom is -0.497 e. The Hall–Kier alpha value is -3.55. The first-order valence-corrected chi connectivity index (χ1v) is 7.48. The van der Waals surface area contributed by atoms with Crippen molar-refractivity contribution in [3.8, 4) is 11.4 Å². The predicted octanol–water partition coefficient (Wildman–Crippen LogP) is 2.77. The molecule has 0 aliphatic heterocycles. The van der Waals surface area contributed by atoms with Crippen LogP contribution in [0.25, 0.3) is 5.69 Å². The molecule has 0 saturated heterocycles. The van der Waals surface area contributed by atoms with Crippen LogP contribution in [0.5, 0.6) is 5.75 Å². The molecule has 0 atom stereocenters. The molecule has 1 amide bonds. The van der Waals surface area contributed by atoms with E-state index in [0.29, 0.717) is 5.75 Å². The normalized spacial score (nSPS) is 10.4. The second-order valence-corrected chi connectivity index (χ2v) is 5.24. The van der Waals surface area contributed by atoms with Crippen molar-refractivity contribution in [1.82, 2.24) is 9.55 Å². The van der Waals surface area contributed by atoms with Crippen molar-refractivity contribution in [2.75, 3.05) is 12.4 Å². The average molecular weight is 357 g/mol. The number of rotatable bonds is 4. The first kappa shape index (κ1) is 17.3. The van der Waals surface area contributed by atoms with Gasteiger partial charge in [-0.1, -0.05) is 6.07 Å². The molecule has 1 aromatic heterocycles. The summed E-state index contributed by atoms with van der Waals surface area (Å²) < 4.78 is 32.6. The summed E-state index contributed by atoms with van der Waals surface area (Å²) in [6.45, 7) is 0. The number of hydrogen-bond acceptors (Lipinski definition) is 4. The molecular weight excluding hydrogens is 344 g/mol. The number of benzene rings is 2. The lowest BCUT2D eigenvalue weighted by Gasteiger charge is -2.09. The topological polar surface area (TPSA) is 73.2 Å². The number of aromatic nitrogens is 2. The Morgan fingerprint density at radius 1 is 1.15 bits per heavy atom. The summed E-state index contributed by atoms with van der Waals surface area (Å²) in [5.74, 6) is -2.44. The van der Waals surface area contributed by atoms with Crippen LogP contribution in [0.15, 0.2) is 59.7 Å². The van der Waals surface area contributed by atoms with E-state index in [4.69, 9.17) is 4.74 Å². The van der Waals surface area contributed by atoms with Gasteiger partial charge in [-0.05, 0) is 30.3 Å². The number of halogens is 2. The lowest BCUT2D eigenvalue weighted by Crippen LogP contribution is -2.26. The van der Waals surface area contributed by atoms with Gasteiger partial charge in [0.05, 0.1) is 12.8 Å². The van der Waals surface area contributed by atoms with Crippen molar-refractivity contribution in [2.45, 2.75) is 0 Å². The summed E-state index contributed by atoms with van der Waals surface area (Å²) >= 11 is 0. The number of amides is 1. The smallest absolute Gasteiger partial charge is 0.298 e. The van der Waals surface area contributed by atoms with Crippen LogP contribution in [0.2, 0.25) is 0 Å². The fourth-order valence-corrected chi connectivity index (χ4v) is 2.28. The van der Waals surface area contributed by atoms with Gasteiger partial charge in [-0.3, -0.25) is 14.2 Å². The molecule has 26 heavy (non-hydrogen) atoms. The van der Waals surface area contributed by atoms with E-state index in [2.05, 4.69) is 10.3 Å². The van der Waals surface area contributed by atoms with Gasteiger partial charge in [-0.15, -0.1) is 0 Å². The van der Waals surface area contributed by atoms with Crippen LogP contribution in [0.4, 0.5) is 14.6 Å². The van der Waals surface area contributed by atoms with Crippen molar-refractivity contribution >= 4 is 11.7 Å². The number of ether oxygens (including phenoxy) is 1. The largest absolute Gasteiger partial charge is 0.497 e. The molecule has 0 saturated carbocycles. The van der Waals surface area contributed by atoms with E-state index in [1.807, 2.05) is 0 Å². The summed E-state index contributed by atoms with van der Waals surface area (Å²) in [5.41, 5.74) is -0.309. The van der Waals surface area contributed by atoms with Gasteiger partial charge in [0.25, 0.3) is 11.5 Å². The van der Waals surface area contributed by atoms with Crippen LogP contribution >= 0.6 is 0 Å². The van der Waals surface area contributed by atoms with Crippen molar-refractivity contribution in [1.29, 1.82) is 0 Å². The van der Waals surface area contributed by atoms with E-state index < -0.39 is 23.1 Å². The van der Waals surface area contributed by atoms with Crippen molar-refractivity contribution in [2.24, 2.45) is 0 Å². The molecule has 3 rings (SSSR count). The zero-order chi connectivity index (χ0) is 18.7.